The maximum absolute atomic E-state index is 11.6. The molecule has 0 saturated heterocycles. The Hall–Kier alpha value is -0.870. The van der Waals surface area contributed by atoms with Gasteiger partial charge in [-0.2, -0.15) is 0 Å². The molecule has 0 radical (unpaired) electrons. The van der Waals surface area contributed by atoms with Crippen LogP contribution in [0.25, 0.3) is 0 Å². The van der Waals surface area contributed by atoms with Gasteiger partial charge in [0, 0.05) is 17.3 Å². The molecule has 1 amide bonds. The Labute approximate surface area is 101 Å². The molecule has 3 nitrogen and oxygen atoms in total. The van der Waals surface area contributed by atoms with Gasteiger partial charge in [-0.05, 0) is 24.8 Å². The van der Waals surface area contributed by atoms with Crippen LogP contribution in [0.2, 0.25) is 0 Å². The first-order chi connectivity index (χ1) is 7.63. The zero-order valence-electron chi connectivity index (χ0n) is 9.90. The fourth-order valence-corrected chi connectivity index (χ4v) is 2.35. The van der Waals surface area contributed by atoms with Crippen molar-refractivity contribution >= 4 is 17.2 Å². The quantitative estimate of drug-likeness (QED) is 0.802. The van der Waals surface area contributed by atoms with E-state index in [2.05, 4.69) is 12.2 Å². The normalized spacial score (nSPS) is 14.4. The fraction of sp³-hybridized carbons (Fsp3) is 0.583. The second kappa shape index (κ2) is 6.66. The zero-order valence-corrected chi connectivity index (χ0v) is 10.7. The summed E-state index contributed by atoms with van der Waals surface area (Å²) < 4.78 is 0. The number of amides is 1. The minimum Gasteiger partial charge on any atom is -0.349 e. The molecule has 1 heterocycles. The third-order valence-electron chi connectivity index (χ3n) is 2.45. The maximum Gasteiger partial charge on any atom is 0.222 e. The number of thiophene rings is 1. The Kier molecular flexibility index (Phi) is 5.49. The van der Waals surface area contributed by atoms with Crippen molar-refractivity contribution in [1.82, 2.24) is 5.32 Å². The van der Waals surface area contributed by atoms with E-state index < -0.39 is 0 Å². The van der Waals surface area contributed by atoms with Crippen LogP contribution in [0.1, 0.15) is 44.0 Å². The van der Waals surface area contributed by atoms with Gasteiger partial charge in [-0.1, -0.05) is 19.4 Å². The lowest BCUT2D eigenvalue weighted by Gasteiger charge is -2.14. The third kappa shape index (κ3) is 4.33. The molecule has 0 aromatic carbocycles. The molecule has 0 fully saturated rings. The van der Waals surface area contributed by atoms with E-state index >= 15 is 0 Å². The molecule has 90 valence electrons. The first-order valence-corrected chi connectivity index (χ1v) is 6.59. The van der Waals surface area contributed by atoms with E-state index in [1.54, 1.807) is 11.3 Å². The van der Waals surface area contributed by atoms with Crippen molar-refractivity contribution in [2.45, 2.75) is 45.2 Å². The number of hydrogen-bond donors (Lipinski definition) is 2. The van der Waals surface area contributed by atoms with Crippen LogP contribution >= 0.6 is 11.3 Å². The number of rotatable bonds is 6. The van der Waals surface area contributed by atoms with E-state index in [1.165, 1.54) is 4.88 Å². The van der Waals surface area contributed by atoms with E-state index in [0.29, 0.717) is 6.42 Å². The van der Waals surface area contributed by atoms with E-state index in [0.717, 1.165) is 12.8 Å². The van der Waals surface area contributed by atoms with Gasteiger partial charge in [0.1, 0.15) is 0 Å². The summed E-state index contributed by atoms with van der Waals surface area (Å²) >= 11 is 1.66. The monoisotopic (exact) mass is 240 g/mol. The molecule has 0 aliphatic rings. The van der Waals surface area contributed by atoms with Gasteiger partial charge in [-0.25, -0.2) is 0 Å². The molecule has 16 heavy (non-hydrogen) atoms. The molecule has 0 saturated carbocycles. The van der Waals surface area contributed by atoms with Crippen LogP contribution in [0, 0.1) is 0 Å². The third-order valence-corrected chi connectivity index (χ3v) is 3.51. The largest absolute Gasteiger partial charge is 0.349 e. The van der Waals surface area contributed by atoms with Crippen LogP contribution in [-0.2, 0) is 4.79 Å². The predicted octanol–water partition coefficient (Wildman–Crippen LogP) is 2.44. The molecule has 0 aliphatic carbocycles. The molecule has 0 bridgehead atoms. The molecule has 4 heteroatoms. The summed E-state index contributed by atoms with van der Waals surface area (Å²) in [5.41, 5.74) is 5.82. The summed E-state index contributed by atoms with van der Waals surface area (Å²) in [6.07, 6.45) is 2.35. The lowest BCUT2D eigenvalue weighted by atomic mass is 10.1. The van der Waals surface area contributed by atoms with Gasteiger partial charge in [-0.3, -0.25) is 4.79 Å². The molecule has 1 rings (SSSR count). The summed E-state index contributed by atoms with van der Waals surface area (Å²) in [7, 11) is 0. The zero-order chi connectivity index (χ0) is 12.0. The van der Waals surface area contributed by atoms with Crippen LogP contribution in [0.3, 0.4) is 0 Å². The number of carbonyl (C=O) groups is 1. The Bertz CT molecular complexity index is 311. The Morgan fingerprint density at radius 3 is 2.94 bits per heavy atom. The van der Waals surface area contributed by atoms with Gasteiger partial charge >= 0.3 is 0 Å². The van der Waals surface area contributed by atoms with E-state index in [4.69, 9.17) is 5.73 Å². The van der Waals surface area contributed by atoms with Gasteiger partial charge in [0.05, 0.1) is 6.04 Å². The number of nitrogens with two attached hydrogens (primary N) is 1. The molecule has 1 unspecified atom stereocenters. The molecule has 1 aromatic rings. The lowest BCUT2D eigenvalue weighted by molar-refractivity contribution is -0.122. The Balaban J connectivity index is 2.34. The van der Waals surface area contributed by atoms with Crippen molar-refractivity contribution in [3.8, 4) is 0 Å². The molecular formula is C12H20N2OS. The Morgan fingerprint density at radius 1 is 1.62 bits per heavy atom. The molecule has 3 N–H and O–H groups in total. The molecular weight excluding hydrogens is 220 g/mol. The molecule has 1 aromatic heterocycles. The van der Waals surface area contributed by atoms with Crippen molar-refractivity contribution in [2.24, 2.45) is 5.73 Å². The van der Waals surface area contributed by atoms with Gasteiger partial charge in [0.15, 0.2) is 0 Å². The van der Waals surface area contributed by atoms with E-state index in [-0.39, 0.29) is 18.0 Å². The van der Waals surface area contributed by atoms with Gasteiger partial charge in [0.25, 0.3) is 0 Å². The smallest absolute Gasteiger partial charge is 0.222 e. The molecule has 2 atom stereocenters. The Morgan fingerprint density at radius 2 is 2.38 bits per heavy atom. The topological polar surface area (TPSA) is 55.1 Å². The average molecular weight is 240 g/mol. The summed E-state index contributed by atoms with van der Waals surface area (Å²) in [6.45, 7) is 4.07. The number of hydrogen-bond acceptors (Lipinski definition) is 3. The molecule has 0 aliphatic heterocycles. The molecule has 0 spiro atoms. The second-order valence-electron chi connectivity index (χ2n) is 4.06. The minimum atomic E-state index is -0.0134. The highest BCUT2D eigenvalue weighted by atomic mass is 32.1. The van der Waals surface area contributed by atoms with Gasteiger partial charge < -0.3 is 11.1 Å². The van der Waals surface area contributed by atoms with Crippen molar-refractivity contribution in [2.75, 3.05) is 0 Å². The summed E-state index contributed by atoms with van der Waals surface area (Å²) in [5, 5.41) is 4.98. The minimum absolute atomic E-state index is 0.0134. The lowest BCUT2D eigenvalue weighted by Crippen LogP contribution is -2.32. The number of nitrogens with one attached hydrogen (secondary N) is 1. The summed E-state index contributed by atoms with van der Waals surface area (Å²) in [6, 6.07) is 4.09. The van der Waals surface area contributed by atoms with Crippen LogP contribution in [-0.4, -0.2) is 11.9 Å². The number of carbonyl (C=O) groups excluding carboxylic acids is 1. The standard InChI is InChI=1S/C12H20N2OS/c1-3-5-10(13)8-12(15)14-9(2)11-6-4-7-16-11/h4,6-7,9-10H,3,5,8,13H2,1-2H3,(H,14,15)/t9-,10?/m1/s1. The van der Waals surface area contributed by atoms with Crippen molar-refractivity contribution in [3.63, 3.8) is 0 Å². The SMILES string of the molecule is CCCC(N)CC(=O)N[C@H](C)c1cccs1. The fourth-order valence-electron chi connectivity index (χ4n) is 1.62. The van der Waals surface area contributed by atoms with E-state index in [1.807, 2.05) is 24.4 Å². The van der Waals surface area contributed by atoms with Crippen LogP contribution in [0.15, 0.2) is 17.5 Å². The van der Waals surface area contributed by atoms with Crippen LogP contribution < -0.4 is 11.1 Å². The summed E-state index contributed by atoms with van der Waals surface area (Å²) in [5.74, 6) is 0.0434. The second-order valence-corrected chi connectivity index (χ2v) is 5.04. The van der Waals surface area contributed by atoms with Crippen molar-refractivity contribution in [1.29, 1.82) is 0 Å². The van der Waals surface area contributed by atoms with E-state index in [9.17, 15) is 4.79 Å². The summed E-state index contributed by atoms with van der Waals surface area (Å²) in [4.78, 5) is 12.8. The van der Waals surface area contributed by atoms with Crippen molar-refractivity contribution < 1.29 is 4.79 Å². The first kappa shape index (κ1) is 13.2. The maximum atomic E-state index is 11.6. The predicted molar refractivity (Wildman–Crippen MR) is 68.4 cm³/mol. The van der Waals surface area contributed by atoms with Crippen LogP contribution in [0.4, 0.5) is 0 Å². The highest BCUT2D eigenvalue weighted by Gasteiger charge is 2.12. The average Bonchev–Trinajstić information content (AvgIpc) is 2.69. The highest BCUT2D eigenvalue weighted by Crippen LogP contribution is 2.18. The first-order valence-electron chi connectivity index (χ1n) is 5.71. The van der Waals surface area contributed by atoms with Gasteiger partial charge in [0.2, 0.25) is 5.91 Å². The van der Waals surface area contributed by atoms with Crippen LogP contribution in [0.5, 0.6) is 0 Å². The highest BCUT2D eigenvalue weighted by molar-refractivity contribution is 7.10. The van der Waals surface area contributed by atoms with Crippen molar-refractivity contribution in [3.05, 3.63) is 22.4 Å². The van der Waals surface area contributed by atoms with Gasteiger partial charge in [-0.15, -0.1) is 11.3 Å².